The van der Waals surface area contributed by atoms with Gasteiger partial charge >= 0.3 is 0 Å². The zero-order valence-corrected chi connectivity index (χ0v) is 11.0. The van der Waals surface area contributed by atoms with Gasteiger partial charge in [0.05, 0.1) is 12.2 Å². The minimum absolute atomic E-state index is 0.00182. The quantitative estimate of drug-likeness (QED) is 0.639. The highest BCUT2D eigenvalue weighted by molar-refractivity contribution is 5.97. The SMILES string of the molecule is NC(=NCc1ccccn1)NC(=O)C1CCCCC1. The molecular formula is C14H20N4O. The van der Waals surface area contributed by atoms with Crippen LogP contribution in [0.25, 0.3) is 0 Å². The molecule has 0 saturated heterocycles. The maximum absolute atomic E-state index is 11.9. The van der Waals surface area contributed by atoms with E-state index in [2.05, 4.69) is 15.3 Å². The summed E-state index contributed by atoms with van der Waals surface area (Å²) in [7, 11) is 0. The van der Waals surface area contributed by atoms with E-state index >= 15 is 0 Å². The van der Waals surface area contributed by atoms with E-state index in [1.807, 2.05) is 18.2 Å². The molecule has 3 N–H and O–H groups in total. The fourth-order valence-corrected chi connectivity index (χ4v) is 2.29. The van der Waals surface area contributed by atoms with E-state index < -0.39 is 0 Å². The van der Waals surface area contributed by atoms with Crippen molar-refractivity contribution in [2.75, 3.05) is 0 Å². The Labute approximate surface area is 113 Å². The number of hydrogen-bond acceptors (Lipinski definition) is 3. The number of nitrogens with zero attached hydrogens (tertiary/aromatic N) is 2. The summed E-state index contributed by atoms with van der Waals surface area (Å²) < 4.78 is 0. The molecule has 0 aliphatic heterocycles. The third-order valence-electron chi connectivity index (χ3n) is 3.36. The van der Waals surface area contributed by atoms with Gasteiger partial charge in [0.25, 0.3) is 0 Å². The Balaban J connectivity index is 1.82. The van der Waals surface area contributed by atoms with Crippen molar-refractivity contribution in [3.8, 4) is 0 Å². The van der Waals surface area contributed by atoms with Gasteiger partial charge in [-0.2, -0.15) is 0 Å². The van der Waals surface area contributed by atoms with Gasteiger partial charge in [-0.1, -0.05) is 25.3 Å². The second-order valence-electron chi connectivity index (χ2n) is 4.85. The third-order valence-corrected chi connectivity index (χ3v) is 3.36. The highest BCUT2D eigenvalue weighted by atomic mass is 16.2. The number of guanidine groups is 1. The van der Waals surface area contributed by atoms with Crippen LogP contribution in [-0.4, -0.2) is 16.9 Å². The van der Waals surface area contributed by atoms with Gasteiger partial charge in [-0.3, -0.25) is 15.1 Å². The molecular weight excluding hydrogens is 240 g/mol. The summed E-state index contributed by atoms with van der Waals surface area (Å²) in [6.45, 7) is 0.387. The lowest BCUT2D eigenvalue weighted by atomic mass is 9.89. The summed E-state index contributed by atoms with van der Waals surface area (Å²) in [4.78, 5) is 20.2. The molecule has 1 aromatic heterocycles. The minimum Gasteiger partial charge on any atom is -0.370 e. The van der Waals surface area contributed by atoms with Crippen molar-refractivity contribution < 1.29 is 4.79 Å². The first kappa shape index (κ1) is 13.5. The van der Waals surface area contributed by atoms with Crippen LogP contribution in [-0.2, 0) is 11.3 Å². The zero-order chi connectivity index (χ0) is 13.5. The Bertz CT molecular complexity index is 438. The standard InChI is InChI=1S/C14H20N4O/c15-14(17-10-12-8-4-5-9-16-12)18-13(19)11-6-2-1-3-7-11/h4-5,8-9,11H,1-3,6-7,10H2,(H3,15,17,18,19). The van der Waals surface area contributed by atoms with Crippen molar-refractivity contribution in [1.29, 1.82) is 0 Å². The van der Waals surface area contributed by atoms with Crippen LogP contribution in [0.15, 0.2) is 29.4 Å². The van der Waals surface area contributed by atoms with Crippen molar-refractivity contribution in [2.24, 2.45) is 16.6 Å². The molecule has 0 unspecified atom stereocenters. The number of nitrogens with one attached hydrogen (secondary N) is 1. The smallest absolute Gasteiger partial charge is 0.229 e. The second kappa shape index (κ2) is 6.87. The van der Waals surface area contributed by atoms with Crippen LogP contribution in [0.2, 0.25) is 0 Å². The van der Waals surface area contributed by atoms with Crippen LogP contribution in [0, 0.1) is 5.92 Å². The maximum atomic E-state index is 11.9. The summed E-state index contributed by atoms with van der Waals surface area (Å²) in [5.74, 6) is 0.278. The van der Waals surface area contributed by atoms with Gasteiger partial charge in [0, 0.05) is 12.1 Å². The van der Waals surface area contributed by atoms with Crippen molar-refractivity contribution >= 4 is 11.9 Å². The highest BCUT2D eigenvalue weighted by Gasteiger charge is 2.21. The van der Waals surface area contributed by atoms with Gasteiger partial charge in [-0.15, -0.1) is 0 Å². The molecule has 5 heteroatoms. The molecule has 5 nitrogen and oxygen atoms in total. The van der Waals surface area contributed by atoms with E-state index in [1.54, 1.807) is 6.20 Å². The molecule has 0 spiro atoms. The molecule has 0 radical (unpaired) electrons. The van der Waals surface area contributed by atoms with Gasteiger partial charge in [0.1, 0.15) is 0 Å². The van der Waals surface area contributed by atoms with E-state index in [1.165, 1.54) is 6.42 Å². The number of nitrogens with two attached hydrogens (primary N) is 1. The van der Waals surface area contributed by atoms with E-state index in [-0.39, 0.29) is 17.8 Å². The van der Waals surface area contributed by atoms with Crippen molar-refractivity contribution in [3.63, 3.8) is 0 Å². The predicted molar refractivity (Wildman–Crippen MR) is 74.3 cm³/mol. The molecule has 1 aliphatic rings. The Morgan fingerprint density at radius 2 is 2.16 bits per heavy atom. The van der Waals surface area contributed by atoms with Crippen LogP contribution in [0.3, 0.4) is 0 Å². The molecule has 19 heavy (non-hydrogen) atoms. The van der Waals surface area contributed by atoms with Crippen LogP contribution < -0.4 is 11.1 Å². The van der Waals surface area contributed by atoms with Gasteiger partial charge in [-0.05, 0) is 25.0 Å². The molecule has 1 aromatic rings. The first-order valence-corrected chi connectivity index (χ1v) is 6.76. The monoisotopic (exact) mass is 260 g/mol. The Morgan fingerprint density at radius 1 is 1.37 bits per heavy atom. The maximum Gasteiger partial charge on any atom is 0.229 e. The summed E-state index contributed by atoms with van der Waals surface area (Å²) in [6, 6.07) is 5.62. The lowest BCUT2D eigenvalue weighted by molar-refractivity contribution is -0.124. The van der Waals surface area contributed by atoms with Crippen LogP contribution >= 0.6 is 0 Å². The molecule has 0 bridgehead atoms. The Morgan fingerprint density at radius 3 is 2.84 bits per heavy atom. The molecule has 1 heterocycles. The largest absolute Gasteiger partial charge is 0.370 e. The zero-order valence-electron chi connectivity index (χ0n) is 11.0. The topological polar surface area (TPSA) is 80.4 Å². The van der Waals surface area contributed by atoms with Crippen LogP contribution in [0.5, 0.6) is 0 Å². The molecule has 0 atom stereocenters. The average molecular weight is 260 g/mol. The molecule has 102 valence electrons. The molecule has 0 aromatic carbocycles. The lowest BCUT2D eigenvalue weighted by Gasteiger charge is -2.20. The molecule has 1 aliphatic carbocycles. The number of rotatable bonds is 3. The normalized spacial score (nSPS) is 17.2. The van der Waals surface area contributed by atoms with E-state index in [0.717, 1.165) is 31.4 Å². The number of amides is 1. The van der Waals surface area contributed by atoms with Gasteiger partial charge in [0.15, 0.2) is 5.96 Å². The fraction of sp³-hybridized carbons (Fsp3) is 0.500. The summed E-state index contributed by atoms with van der Waals surface area (Å²) in [5, 5.41) is 2.68. The van der Waals surface area contributed by atoms with Gasteiger partial charge in [0.2, 0.25) is 5.91 Å². The van der Waals surface area contributed by atoms with Crippen LogP contribution in [0.4, 0.5) is 0 Å². The second-order valence-corrected chi connectivity index (χ2v) is 4.85. The number of carbonyl (C=O) groups excluding carboxylic acids is 1. The molecule has 1 amide bonds. The third kappa shape index (κ3) is 4.35. The van der Waals surface area contributed by atoms with E-state index in [4.69, 9.17) is 5.73 Å². The molecule has 1 fully saturated rings. The average Bonchev–Trinajstić information content (AvgIpc) is 2.47. The number of aromatic nitrogens is 1. The minimum atomic E-state index is 0.00182. The Hall–Kier alpha value is -1.91. The summed E-state index contributed by atoms with van der Waals surface area (Å²) >= 11 is 0. The van der Waals surface area contributed by atoms with Gasteiger partial charge < -0.3 is 5.73 Å². The predicted octanol–water partition coefficient (Wildman–Crippen LogP) is 1.59. The van der Waals surface area contributed by atoms with Crippen LogP contribution in [0.1, 0.15) is 37.8 Å². The first-order valence-electron chi connectivity index (χ1n) is 6.76. The lowest BCUT2D eigenvalue weighted by Crippen LogP contribution is -2.41. The van der Waals surface area contributed by atoms with Gasteiger partial charge in [-0.25, -0.2) is 4.99 Å². The molecule has 2 rings (SSSR count). The first-order chi connectivity index (χ1) is 9.25. The van der Waals surface area contributed by atoms with Crippen molar-refractivity contribution in [1.82, 2.24) is 10.3 Å². The number of pyridine rings is 1. The Kier molecular flexibility index (Phi) is 4.89. The van der Waals surface area contributed by atoms with Crippen molar-refractivity contribution in [2.45, 2.75) is 38.6 Å². The van der Waals surface area contributed by atoms with E-state index in [9.17, 15) is 4.79 Å². The number of aliphatic imine (C=N–C) groups is 1. The summed E-state index contributed by atoms with van der Waals surface area (Å²) in [5.41, 5.74) is 6.55. The fourth-order valence-electron chi connectivity index (χ4n) is 2.29. The van der Waals surface area contributed by atoms with E-state index in [0.29, 0.717) is 6.54 Å². The number of carbonyl (C=O) groups is 1. The van der Waals surface area contributed by atoms with Crippen molar-refractivity contribution in [3.05, 3.63) is 30.1 Å². The molecule has 1 saturated carbocycles. The highest BCUT2D eigenvalue weighted by Crippen LogP contribution is 2.23. The number of hydrogen-bond donors (Lipinski definition) is 2. The summed E-state index contributed by atoms with van der Waals surface area (Å²) in [6.07, 6.45) is 7.11.